The summed E-state index contributed by atoms with van der Waals surface area (Å²) < 4.78 is 0. The maximum Gasteiger partial charge on any atom is 0.238 e. The van der Waals surface area contributed by atoms with E-state index in [-0.39, 0.29) is 5.91 Å². The Morgan fingerprint density at radius 2 is 2.16 bits per heavy atom. The fourth-order valence-electron chi connectivity index (χ4n) is 2.38. The van der Waals surface area contributed by atoms with E-state index in [0.29, 0.717) is 12.6 Å². The maximum absolute atomic E-state index is 12.0. The predicted molar refractivity (Wildman–Crippen MR) is 78.4 cm³/mol. The number of nitrogens with zero attached hydrogens (tertiary/aromatic N) is 1. The number of carbonyl (C=O) groups is 1. The summed E-state index contributed by atoms with van der Waals surface area (Å²) in [5, 5.41) is 6.33. The van der Waals surface area contributed by atoms with Gasteiger partial charge < -0.3 is 10.6 Å². The highest BCUT2D eigenvalue weighted by atomic mass is 16.2. The zero-order valence-electron chi connectivity index (χ0n) is 11.8. The number of hydrogen-bond donors (Lipinski definition) is 2. The number of hydrogen-bond acceptors (Lipinski definition) is 3. The molecule has 19 heavy (non-hydrogen) atoms. The molecule has 0 saturated carbocycles. The van der Waals surface area contributed by atoms with Gasteiger partial charge >= 0.3 is 0 Å². The Labute approximate surface area is 115 Å². The van der Waals surface area contributed by atoms with Crippen LogP contribution in [-0.4, -0.2) is 43.0 Å². The summed E-state index contributed by atoms with van der Waals surface area (Å²) in [5.41, 5.74) is 2.17. The van der Waals surface area contributed by atoms with Gasteiger partial charge in [0, 0.05) is 31.4 Å². The largest absolute Gasteiger partial charge is 0.325 e. The molecular formula is C15H23N3O. The quantitative estimate of drug-likeness (QED) is 0.863. The molecule has 0 spiro atoms. The van der Waals surface area contributed by atoms with Crippen LogP contribution in [0.5, 0.6) is 0 Å². The maximum atomic E-state index is 12.0. The molecule has 0 unspecified atom stereocenters. The molecule has 104 valence electrons. The van der Waals surface area contributed by atoms with Crippen molar-refractivity contribution in [1.82, 2.24) is 10.2 Å². The van der Waals surface area contributed by atoms with E-state index in [1.54, 1.807) is 0 Å². The van der Waals surface area contributed by atoms with Crippen LogP contribution >= 0.6 is 0 Å². The normalized spacial score (nSPS) is 20.2. The fraction of sp³-hybridized carbons (Fsp3) is 0.533. The van der Waals surface area contributed by atoms with Gasteiger partial charge in [0.05, 0.1) is 6.54 Å². The molecule has 1 heterocycles. The first-order valence-corrected chi connectivity index (χ1v) is 7.02. The van der Waals surface area contributed by atoms with Gasteiger partial charge in [-0.25, -0.2) is 0 Å². The van der Waals surface area contributed by atoms with Crippen molar-refractivity contribution in [1.29, 1.82) is 0 Å². The van der Waals surface area contributed by atoms with E-state index < -0.39 is 0 Å². The van der Waals surface area contributed by atoms with Crippen LogP contribution in [0.25, 0.3) is 0 Å². The first-order chi connectivity index (χ1) is 9.17. The molecule has 0 aliphatic carbocycles. The van der Waals surface area contributed by atoms with Crippen molar-refractivity contribution in [3.8, 4) is 0 Å². The van der Waals surface area contributed by atoms with E-state index in [1.165, 1.54) is 5.56 Å². The molecule has 1 amide bonds. The lowest BCUT2D eigenvalue weighted by Gasteiger charge is -2.31. The van der Waals surface area contributed by atoms with Crippen molar-refractivity contribution >= 4 is 11.6 Å². The smallest absolute Gasteiger partial charge is 0.238 e. The van der Waals surface area contributed by atoms with Crippen LogP contribution in [0.3, 0.4) is 0 Å². The van der Waals surface area contributed by atoms with Gasteiger partial charge in [-0.2, -0.15) is 0 Å². The molecular weight excluding hydrogens is 238 g/mol. The summed E-state index contributed by atoms with van der Waals surface area (Å²) >= 11 is 0. The minimum Gasteiger partial charge on any atom is -0.325 e. The third-order valence-corrected chi connectivity index (χ3v) is 3.47. The Kier molecular flexibility index (Phi) is 4.93. The molecule has 4 heteroatoms. The van der Waals surface area contributed by atoms with Crippen LogP contribution in [-0.2, 0) is 11.2 Å². The van der Waals surface area contributed by atoms with Crippen LogP contribution in [0, 0.1) is 0 Å². The number of amides is 1. The molecule has 0 bridgehead atoms. The third-order valence-electron chi connectivity index (χ3n) is 3.47. The van der Waals surface area contributed by atoms with Gasteiger partial charge in [0.1, 0.15) is 0 Å². The third kappa shape index (κ3) is 4.33. The highest BCUT2D eigenvalue weighted by Gasteiger charge is 2.17. The summed E-state index contributed by atoms with van der Waals surface area (Å²) in [6, 6.07) is 8.52. The van der Waals surface area contributed by atoms with Gasteiger partial charge in [0.25, 0.3) is 0 Å². The summed E-state index contributed by atoms with van der Waals surface area (Å²) in [5.74, 6) is 0.0679. The zero-order valence-corrected chi connectivity index (χ0v) is 11.8. The predicted octanol–water partition coefficient (Wildman–Crippen LogP) is 1.48. The highest BCUT2D eigenvalue weighted by Crippen LogP contribution is 2.10. The van der Waals surface area contributed by atoms with E-state index in [4.69, 9.17) is 0 Å². The van der Waals surface area contributed by atoms with Crippen molar-refractivity contribution < 1.29 is 4.79 Å². The summed E-state index contributed by atoms with van der Waals surface area (Å²) in [6.45, 7) is 7.57. The van der Waals surface area contributed by atoms with Crippen LogP contribution in [0.4, 0.5) is 5.69 Å². The Hall–Kier alpha value is -1.39. The van der Waals surface area contributed by atoms with Crippen molar-refractivity contribution in [2.24, 2.45) is 0 Å². The average Bonchev–Trinajstić information content (AvgIpc) is 2.39. The number of aryl methyl sites for hydroxylation is 1. The van der Waals surface area contributed by atoms with Gasteiger partial charge in [0.2, 0.25) is 5.91 Å². The highest BCUT2D eigenvalue weighted by molar-refractivity contribution is 5.92. The lowest BCUT2D eigenvalue weighted by Crippen LogP contribution is -2.51. The van der Waals surface area contributed by atoms with Crippen molar-refractivity contribution in [3.05, 3.63) is 29.8 Å². The molecule has 0 radical (unpaired) electrons. The second kappa shape index (κ2) is 6.68. The van der Waals surface area contributed by atoms with E-state index in [2.05, 4.69) is 41.5 Å². The topological polar surface area (TPSA) is 44.4 Å². The van der Waals surface area contributed by atoms with Gasteiger partial charge in [-0.15, -0.1) is 0 Å². The monoisotopic (exact) mass is 261 g/mol. The first-order valence-electron chi connectivity index (χ1n) is 7.02. The number of carbonyl (C=O) groups excluding carboxylic acids is 1. The van der Waals surface area contributed by atoms with Crippen LogP contribution in [0.15, 0.2) is 24.3 Å². The Morgan fingerprint density at radius 3 is 2.79 bits per heavy atom. The number of anilines is 1. The second-order valence-corrected chi connectivity index (χ2v) is 5.19. The number of piperazine rings is 1. The average molecular weight is 261 g/mol. The van der Waals surface area contributed by atoms with Crippen LogP contribution < -0.4 is 10.6 Å². The van der Waals surface area contributed by atoms with Crippen LogP contribution in [0.1, 0.15) is 19.4 Å². The van der Waals surface area contributed by atoms with Crippen molar-refractivity contribution in [2.75, 3.05) is 31.5 Å². The molecule has 1 atom stereocenters. The van der Waals surface area contributed by atoms with E-state index in [1.807, 2.05) is 12.1 Å². The van der Waals surface area contributed by atoms with E-state index in [9.17, 15) is 4.79 Å². The summed E-state index contributed by atoms with van der Waals surface area (Å²) in [6.07, 6.45) is 1.02. The Balaban J connectivity index is 1.83. The number of nitrogens with one attached hydrogen (secondary N) is 2. The molecule has 0 aromatic heterocycles. The number of benzene rings is 1. The summed E-state index contributed by atoms with van der Waals surface area (Å²) in [7, 11) is 0. The fourth-order valence-corrected chi connectivity index (χ4v) is 2.38. The Bertz CT molecular complexity index is 416. The first kappa shape index (κ1) is 14.0. The molecule has 1 fully saturated rings. The molecule has 1 saturated heterocycles. The van der Waals surface area contributed by atoms with Gasteiger partial charge in [-0.05, 0) is 31.0 Å². The van der Waals surface area contributed by atoms with Crippen molar-refractivity contribution in [2.45, 2.75) is 26.3 Å². The lowest BCUT2D eigenvalue weighted by molar-refractivity contribution is -0.117. The molecule has 4 nitrogen and oxygen atoms in total. The minimum absolute atomic E-state index is 0.0679. The summed E-state index contributed by atoms with van der Waals surface area (Å²) in [4.78, 5) is 14.2. The van der Waals surface area contributed by atoms with Crippen LogP contribution in [0.2, 0.25) is 0 Å². The van der Waals surface area contributed by atoms with Gasteiger partial charge in [0.15, 0.2) is 0 Å². The molecule has 2 rings (SSSR count). The standard InChI is InChI=1S/C15H23N3O/c1-3-13-4-6-14(7-5-13)17-15(19)11-18-9-8-16-12(2)10-18/h4-7,12,16H,3,8-11H2,1-2H3,(H,17,19)/t12-/m1/s1. The van der Waals surface area contributed by atoms with E-state index >= 15 is 0 Å². The Morgan fingerprint density at radius 1 is 1.42 bits per heavy atom. The minimum atomic E-state index is 0.0679. The zero-order chi connectivity index (χ0) is 13.7. The lowest BCUT2D eigenvalue weighted by atomic mass is 10.1. The van der Waals surface area contributed by atoms with Gasteiger partial charge in [-0.3, -0.25) is 9.69 Å². The second-order valence-electron chi connectivity index (χ2n) is 5.19. The molecule has 1 aliphatic rings. The number of rotatable bonds is 4. The molecule has 1 aliphatic heterocycles. The molecule has 1 aromatic rings. The van der Waals surface area contributed by atoms with Crippen molar-refractivity contribution in [3.63, 3.8) is 0 Å². The molecule has 2 N–H and O–H groups in total. The van der Waals surface area contributed by atoms with E-state index in [0.717, 1.165) is 31.7 Å². The SMILES string of the molecule is CCc1ccc(NC(=O)CN2CCN[C@H](C)C2)cc1. The van der Waals surface area contributed by atoms with Gasteiger partial charge in [-0.1, -0.05) is 19.1 Å². The molecule has 1 aromatic carbocycles.